The first-order chi connectivity index (χ1) is 8.89. The molecule has 1 aliphatic rings. The van der Waals surface area contributed by atoms with Crippen LogP contribution in [0.1, 0.15) is 27.5 Å². The van der Waals surface area contributed by atoms with Crippen LogP contribution in [0.5, 0.6) is 0 Å². The molecule has 2 heterocycles. The standard InChI is InChI=1S/C11H13F3N2O2S/c12-11(13,14)9-16-5-7(19-9)8(17)10(6-15)1-3-18-4-2-10/h5H,1-4,6,15H2. The van der Waals surface area contributed by atoms with Crippen molar-refractivity contribution in [2.24, 2.45) is 11.1 Å². The van der Waals surface area contributed by atoms with E-state index in [1.807, 2.05) is 0 Å². The Morgan fingerprint density at radius 3 is 2.58 bits per heavy atom. The third-order valence-electron chi connectivity index (χ3n) is 3.29. The topological polar surface area (TPSA) is 65.2 Å². The number of carbonyl (C=O) groups excluding carboxylic acids is 1. The molecule has 4 nitrogen and oxygen atoms in total. The van der Waals surface area contributed by atoms with E-state index < -0.39 is 16.6 Å². The number of Topliss-reactive ketones (excluding diaryl/α,β-unsaturated/α-hetero) is 1. The Morgan fingerprint density at radius 2 is 2.11 bits per heavy atom. The molecule has 0 saturated carbocycles. The fourth-order valence-electron chi connectivity index (χ4n) is 2.06. The normalized spacial score (nSPS) is 19.4. The van der Waals surface area contributed by atoms with Crippen LogP contribution in [0.4, 0.5) is 13.2 Å². The maximum Gasteiger partial charge on any atom is 0.443 e. The minimum Gasteiger partial charge on any atom is -0.381 e. The lowest BCUT2D eigenvalue weighted by Crippen LogP contribution is -2.43. The van der Waals surface area contributed by atoms with E-state index in [1.165, 1.54) is 0 Å². The third-order valence-corrected chi connectivity index (χ3v) is 4.34. The SMILES string of the molecule is NCC1(C(=O)c2cnc(C(F)(F)F)s2)CCOCC1. The highest BCUT2D eigenvalue weighted by molar-refractivity contribution is 7.13. The van der Waals surface area contributed by atoms with E-state index in [-0.39, 0.29) is 17.2 Å². The van der Waals surface area contributed by atoms with Crippen LogP contribution >= 0.6 is 11.3 Å². The molecule has 0 atom stereocenters. The maximum atomic E-state index is 12.5. The highest BCUT2D eigenvalue weighted by atomic mass is 32.1. The number of hydrogen-bond donors (Lipinski definition) is 1. The second-order valence-electron chi connectivity index (χ2n) is 4.45. The predicted octanol–water partition coefficient (Wildman–Crippen LogP) is 2.10. The molecule has 8 heteroatoms. The van der Waals surface area contributed by atoms with Gasteiger partial charge in [-0.15, -0.1) is 11.3 Å². The number of hydrogen-bond acceptors (Lipinski definition) is 5. The maximum absolute atomic E-state index is 12.5. The van der Waals surface area contributed by atoms with Crippen LogP contribution in [0.3, 0.4) is 0 Å². The van der Waals surface area contributed by atoms with Crippen molar-refractivity contribution in [2.75, 3.05) is 19.8 Å². The van der Waals surface area contributed by atoms with Gasteiger partial charge in [-0.05, 0) is 12.8 Å². The molecule has 2 rings (SSSR count). The van der Waals surface area contributed by atoms with Crippen LogP contribution < -0.4 is 5.73 Å². The lowest BCUT2D eigenvalue weighted by Gasteiger charge is -2.33. The highest BCUT2D eigenvalue weighted by Crippen LogP contribution is 2.38. The summed E-state index contributed by atoms with van der Waals surface area (Å²) >= 11 is 0.373. The van der Waals surface area contributed by atoms with E-state index in [1.54, 1.807) is 0 Å². The summed E-state index contributed by atoms with van der Waals surface area (Å²) in [6.45, 7) is 0.899. The first-order valence-corrected chi connectivity index (χ1v) is 6.56. The van der Waals surface area contributed by atoms with E-state index >= 15 is 0 Å². The Labute approximate surface area is 111 Å². The molecule has 1 aliphatic heterocycles. The summed E-state index contributed by atoms with van der Waals surface area (Å²) in [5, 5.41) is -1.00. The number of nitrogens with two attached hydrogens (primary N) is 1. The summed E-state index contributed by atoms with van der Waals surface area (Å²) in [5.74, 6) is -0.355. The van der Waals surface area contributed by atoms with E-state index in [9.17, 15) is 18.0 Å². The molecule has 0 aliphatic carbocycles. The molecule has 1 aromatic heterocycles. The molecule has 106 valence electrons. The number of thiazole rings is 1. The Bertz CT molecular complexity index is 467. The zero-order valence-electron chi connectivity index (χ0n) is 10.00. The first kappa shape index (κ1) is 14.4. The van der Waals surface area contributed by atoms with E-state index in [0.29, 0.717) is 37.4 Å². The van der Waals surface area contributed by atoms with E-state index in [4.69, 9.17) is 10.5 Å². The van der Waals surface area contributed by atoms with Gasteiger partial charge in [0.25, 0.3) is 0 Å². The van der Waals surface area contributed by atoms with Gasteiger partial charge >= 0.3 is 6.18 Å². The Kier molecular flexibility index (Phi) is 3.93. The molecule has 0 unspecified atom stereocenters. The number of ether oxygens (including phenoxy) is 1. The van der Waals surface area contributed by atoms with Crippen LogP contribution in [0.15, 0.2) is 6.20 Å². The van der Waals surface area contributed by atoms with Gasteiger partial charge in [-0.3, -0.25) is 4.79 Å². The predicted molar refractivity (Wildman–Crippen MR) is 63.0 cm³/mol. The third kappa shape index (κ3) is 2.80. The molecule has 19 heavy (non-hydrogen) atoms. The van der Waals surface area contributed by atoms with E-state index in [2.05, 4.69) is 4.98 Å². The van der Waals surface area contributed by atoms with Crippen molar-refractivity contribution < 1.29 is 22.7 Å². The summed E-state index contributed by atoms with van der Waals surface area (Å²) < 4.78 is 42.6. The lowest BCUT2D eigenvalue weighted by molar-refractivity contribution is -0.137. The molecule has 1 fully saturated rings. The minimum atomic E-state index is -4.52. The van der Waals surface area contributed by atoms with Crippen LogP contribution in [0, 0.1) is 5.41 Å². The molecule has 1 aromatic rings. The average molecular weight is 294 g/mol. The van der Waals surface area contributed by atoms with Gasteiger partial charge in [-0.1, -0.05) is 0 Å². The molecule has 0 radical (unpaired) electrons. The molecule has 0 amide bonds. The summed E-state index contributed by atoms with van der Waals surface area (Å²) in [5.41, 5.74) is 4.84. The van der Waals surface area contributed by atoms with Gasteiger partial charge in [0.05, 0.1) is 10.3 Å². The zero-order valence-corrected chi connectivity index (χ0v) is 10.8. The van der Waals surface area contributed by atoms with Gasteiger partial charge in [-0.2, -0.15) is 13.2 Å². The van der Waals surface area contributed by atoms with Crippen molar-refractivity contribution in [3.8, 4) is 0 Å². The molecule has 0 spiro atoms. The van der Waals surface area contributed by atoms with Crippen LogP contribution in [-0.4, -0.2) is 30.5 Å². The fourth-order valence-corrected chi connectivity index (χ4v) is 2.90. The Morgan fingerprint density at radius 1 is 1.47 bits per heavy atom. The van der Waals surface area contributed by atoms with Crippen molar-refractivity contribution in [2.45, 2.75) is 19.0 Å². The monoisotopic (exact) mass is 294 g/mol. The quantitative estimate of drug-likeness (QED) is 0.867. The first-order valence-electron chi connectivity index (χ1n) is 5.75. The number of nitrogens with zero attached hydrogens (tertiary/aromatic N) is 1. The Balaban J connectivity index is 2.25. The number of rotatable bonds is 3. The molecule has 2 N–H and O–H groups in total. The van der Waals surface area contributed by atoms with Gasteiger partial charge in [-0.25, -0.2) is 4.98 Å². The number of alkyl halides is 3. The number of ketones is 1. The summed E-state index contributed by atoms with van der Waals surface area (Å²) in [6, 6.07) is 0. The van der Waals surface area contributed by atoms with Gasteiger partial charge in [0.15, 0.2) is 10.8 Å². The van der Waals surface area contributed by atoms with Gasteiger partial charge in [0, 0.05) is 26.0 Å². The molecular formula is C11H13F3N2O2S. The molecular weight excluding hydrogens is 281 g/mol. The lowest BCUT2D eigenvalue weighted by atomic mass is 9.76. The second kappa shape index (κ2) is 5.18. The average Bonchev–Trinajstić information content (AvgIpc) is 2.88. The fraction of sp³-hybridized carbons (Fsp3) is 0.636. The van der Waals surface area contributed by atoms with Crippen molar-refractivity contribution in [3.05, 3.63) is 16.1 Å². The van der Waals surface area contributed by atoms with Crippen molar-refractivity contribution in [3.63, 3.8) is 0 Å². The number of halogens is 3. The van der Waals surface area contributed by atoms with Crippen LogP contribution in [0.2, 0.25) is 0 Å². The van der Waals surface area contributed by atoms with Crippen molar-refractivity contribution in [1.29, 1.82) is 0 Å². The summed E-state index contributed by atoms with van der Waals surface area (Å²) in [7, 11) is 0. The number of carbonyl (C=O) groups is 1. The van der Waals surface area contributed by atoms with Gasteiger partial charge < -0.3 is 10.5 Å². The largest absolute Gasteiger partial charge is 0.443 e. The van der Waals surface area contributed by atoms with Crippen LogP contribution in [0.25, 0.3) is 0 Å². The van der Waals surface area contributed by atoms with E-state index in [0.717, 1.165) is 6.20 Å². The second-order valence-corrected chi connectivity index (χ2v) is 5.48. The van der Waals surface area contributed by atoms with Crippen LogP contribution in [-0.2, 0) is 10.9 Å². The molecule has 1 saturated heterocycles. The highest BCUT2D eigenvalue weighted by Gasteiger charge is 2.42. The van der Waals surface area contributed by atoms with Gasteiger partial charge in [0.1, 0.15) is 0 Å². The van der Waals surface area contributed by atoms with Crippen molar-refractivity contribution in [1.82, 2.24) is 4.98 Å². The van der Waals surface area contributed by atoms with Crippen molar-refractivity contribution >= 4 is 17.1 Å². The smallest absolute Gasteiger partial charge is 0.381 e. The Hall–Kier alpha value is -0.990. The molecule has 0 bridgehead atoms. The molecule has 0 aromatic carbocycles. The summed E-state index contributed by atoms with van der Waals surface area (Å²) in [6.07, 6.45) is -2.67. The van der Waals surface area contributed by atoms with Gasteiger partial charge in [0.2, 0.25) is 0 Å². The zero-order chi connectivity index (χ0) is 14.1. The summed E-state index contributed by atoms with van der Waals surface area (Å²) in [4.78, 5) is 15.6. The minimum absolute atomic E-state index is 0.0136. The number of aromatic nitrogens is 1.